The van der Waals surface area contributed by atoms with Gasteiger partial charge in [-0.3, -0.25) is 0 Å². The van der Waals surface area contributed by atoms with Gasteiger partial charge < -0.3 is 14.2 Å². The quantitative estimate of drug-likeness (QED) is 0.689. The maximum atomic E-state index is 13.3. The lowest BCUT2D eigenvalue weighted by Gasteiger charge is -2.06. The number of halogens is 1. The third-order valence-electron chi connectivity index (χ3n) is 1.97. The second-order valence-electron chi connectivity index (χ2n) is 3.06. The number of rotatable bonds is 4. The standard InChI is InChI=1S/C10H11FO3/c1-12-7-2-3-10(9(11)4-7)14-6-8-5-13-8/h2-4,8H,5-6H2,1H3. The summed E-state index contributed by atoms with van der Waals surface area (Å²) < 4.78 is 28.3. The largest absolute Gasteiger partial charge is 0.497 e. The SMILES string of the molecule is COc1ccc(OCC2CO2)c(F)c1. The Bertz CT molecular complexity index is 323. The van der Waals surface area contributed by atoms with Crippen LogP contribution in [-0.4, -0.2) is 26.4 Å². The molecule has 0 bridgehead atoms. The van der Waals surface area contributed by atoms with E-state index in [2.05, 4.69) is 0 Å². The monoisotopic (exact) mass is 198 g/mol. The molecule has 1 aliphatic rings. The Morgan fingerprint density at radius 2 is 2.36 bits per heavy atom. The van der Waals surface area contributed by atoms with Gasteiger partial charge in [0.1, 0.15) is 18.5 Å². The van der Waals surface area contributed by atoms with Gasteiger partial charge in [0.25, 0.3) is 0 Å². The zero-order valence-corrected chi connectivity index (χ0v) is 7.83. The van der Waals surface area contributed by atoms with Crippen LogP contribution in [-0.2, 0) is 4.74 Å². The topological polar surface area (TPSA) is 31.0 Å². The van der Waals surface area contributed by atoms with E-state index in [0.717, 1.165) is 0 Å². The first-order valence-corrected chi connectivity index (χ1v) is 4.37. The van der Waals surface area contributed by atoms with Crippen molar-refractivity contribution in [2.75, 3.05) is 20.3 Å². The Morgan fingerprint density at radius 3 is 2.93 bits per heavy atom. The van der Waals surface area contributed by atoms with Gasteiger partial charge in [-0.05, 0) is 12.1 Å². The number of benzene rings is 1. The predicted molar refractivity (Wildman–Crippen MR) is 48.2 cm³/mol. The molecule has 1 aromatic rings. The lowest BCUT2D eigenvalue weighted by molar-refractivity contribution is 0.253. The molecule has 0 aliphatic carbocycles. The summed E-state index contributed by atoms with van der Waals surface area (Å²) >= 11 is 0. The van der Waals surface area contributed by atoms with Gasteiger partial charge in [-0.2, -0.15) is 0 Å². The first-order chi connectivity index (χ1) is 6.79. The van der Waals surface area contributed by atoms with Gasteiger partial charge >= 0.3 is 0 Å². The molecule has 3 nitrogen and oxygen atoms in total. The van der Waals surface area contributed by atoms with Crippen molar-refractivity contribution >= 4 is 0 Å². The van der Waals surface area contributed by atoms with Crippen LogP contribution < -0.4 is 9.47 Å². The molecule has 1 heterocycles. The molecule has 0 saturated carbocycles. The maximum Gasteiger partial charge on any atom is 0.168 e. The van der Waals surface area contributed by atoms with Gasteiger partial charge in [0.2, 0.25) is 0 Å². The van der Waals surface area contributed by atoms with E-state index >= 15 is 0 Å². The van der Waals surface area contributed by atoms with Gasteiger partial charge in [-0.1, -0.05) is 0 Å². The minimum atomic E-state index is -0.412. The van der Waals surface area contributed by atoms with Crippen molar-refractivity contribution in [1.82, 2.24) is 0 Å². The number of hydrogen-bond acceptors (Lipinski definition) is 3. The van der Waals surface area contributed by atoms with Crippen molar-refractivity contribution in [1.29, 1.82) is 0 Å². The van der Waals surface area contributed by atoms with Crippen molar-refractivity contribution in [2.45, 2.75) is 6.10 Å². The van der Waals surface area contributed by atoms with E-state index in [0.29, 0.717) is 19.0 Å². The molecule has 1 saturated heterocycles. The van der Waals surface area contributed by atoms with Gasteiger partial charge in [0, 0.05) is 6.07 Å². The highest BCUT2D eigenvalue weighted by Gasteiger charge is 2.23. The molecule has 0 radical (unpaired) electrons. The van der Waals surface area contributed by atoms with Crippen LogP contribution >= 0.6 is 0 Å². The van der Waals surface area contributed by atoms with E-state index in [-0.39, 0.29) is 11.9 Å². The normalized spacial score (nSPS) is 19.1. The fraction of sp³-hybridized carbons (Fsp3) is 0.400. The van der Waals surface area contributed by atoms with Crippen molar-refractivity contribution in [3.63, 3.8) is 0 Å². The molecule has 76 valence electrons. The van der Waals surface area contributed by atoms with E-state index < -0.39 is 5.82 Å². The lowest BCUT2D eigenvalue weighted by atomic mass is 10.3. The Balaban J connectivity index is 2.01. The zero-order chi connectivity index (χ0) is 9.97. The molecule has 14 heavy (non-hydrogen) atoms. The summed E-state index contributed by atoms with van der Waals surface area (Å²) in [4.78, 5) is 0. The molecule has 4 heteroatoms. The second-order valence-corrected chi connectivity index (χ2v) is 3.06. The number of hydrogen-bond donors (Lipinski definition) is 0. The highest BCUT2D eigenvalue weighted by Crippen LogP contribution is 2.23. The molecule has 1 aromatic carbocycles. The molecule has 0 aromatic heterocycles. The Hall–Kier alpha value is -1.29. The third kappa shape index (κ3) is 2.14. The summed E-state index contributed by atoms with van der Waals surface area (Å²) in [6, 6.07) is 4.51. The average molecular weight is 198 g/mol. The van der Waals surface area contributed by atoms with Gasteiger partial charge in [-0.15, -0.1) is 0 Å². The van der Waals surface area contributed by atoms with Gasteiger partial charge in [0.05, 0.1) is 13.7 Å². The van der Waals surface area contributed by atoms with Crippen LogP contribution in [0.3, 0.4) is 0 Å². The number of ether oxygens (including phenoxy) is 3. The number of epoxide rings is 1. The Kier molecular flexibility index (Phi) is 2.54. The Morgan fingerprint density at radius 1 is 1.57 bits per heavy atom. The molecule has 1 atom stereocenters. The summed E-state index contributed by atoms with van der Waals surface area (Å²) in [7, 11) is 1.49. The van der Waals surface area contributed by atoms with E-state index in [9.17, 15) is 4.39 Å². The molecular weight excluding hydrogens is 187 g/mol. The molecule has 0 amide bonds. The third-order valence-corrected chi connectivity index (χ3v) is 1.97. The molecular formula is C10H11FO3. The summed E-state index contributed by atoms with van der Waals surface area (Å²) in [5, 5.41) is 0. The van der Waals surface area contributed by atoms with Crippen LogP contribution in [0.4, 0.5) is 4.39 Å². The summed E-state index contributed by atoms with van der Waals surface area (Å²) in [5.41, 5.74) is 0. The highest BCUT2D eigenvalue weighted by atomic mass is 19.1. The zero-order valence-electron chi connectivity index (χ0n) is 7.83. The van der Waals surface area contributed by atoms with Crippen LogP contribution in [0, 0.1) is 5.82 Å². The van der Waals surface area contributed by atoms with Crippen LogP contribution in [0.5, 0.6) is 11.5 Å². The molecule has 1 fully saturated rings. The minimum absolute atomic E-state index is 0.136. The molecule has 2 rings (SSSR count). The van der Waals surface area contributed by atoms with Crippen molar-refractivity contribution < 1.29 is 18.6 Å². The molecule has 0 N–H and O–H groups in total. The van der Waals surface area contributed by atoms with Crippen molar-refractivity contribution in [2.24, 2.45) is 0 Å². The highest BCUT2D eigenvalue weighted by molar-refractivity contribution is 5.33. The Labute approximate surface area is 81.4 Å². The number of methoxy groups -OCH3 is 1. The van der Waals surface area contributed by atoms with Gasteiger partial charge in [-0.25, -0.2) is 4.39 Å². The van der Waals surface area contributed by atoms with E-state index in [1.807, 2.05) is 0 Å². The average Bonchev–Trinajstić information content (AvgIpc) is 2.99. The van der Waals surface area contributed by atoms with Crippen LogP contribution in [0.25, 0.3) is 0 Å². The van der Waals surface area contributed by atoms with E-state index in [4.69, 9.17) is 14.2 Å². The summed E-state index contributed by atoms with van der Waals surface area (Å²) in [6.07, 6.45) is 0.136. The van der Waals surface area contributed by atoms with Crippen LogP contribution in [0.2, 0.25) is 0 Å². The molecule has 1 unspecified atom stereocenters. The first kappa shape index (κ1) is 9.27. The smallest absolute Gasteiger partial charge is 0.168 e. The summed E-state index contributed by atoms with van der Waals surface area (Å²) in [5.74, 6) is 0.309. The molecule has 0 spiro atoms. The maximum absolute atomic E-state index is 13.3. The van der Waals surface area contributed by atoms with E-state index in [1.54, 1.807) is 12.1 Å². The van der Waals surface area contributed by atoms with Crippen molar-refractivity contribution in [3.05, 3.63) is 24.0 Å². The fourth-order valence-corrected chi connectivity index (χ4v) is 1.07. The molecule has 1 aliphatic heterocycles. The van der Waals surface area contributed by atoms with Crippen LogP contribution in [0.1, 0.15) is 0 Å². The predicted octanol–water partition coefficient (Wildman–Crippen LogP) is 1.61. The van der Waals surface area contributed by atoms with Gasteiger partial charge in [0.15, 0.2) is 11.6 Å². The van der Waals surface area contributed by atoms with E-state index in [1.165, 1.54) is 13.2 Å². The second kappa shape index (κ2) is 3.84. The fourth-order valence-electron chi connectivity index (χ4n) is 1.07. The first-order valence-electron chi connectivity index (χ1n) is 4.37. The lowest BCUT2D eigenvalue weighted by Crippen LogP contribution is -2.05. The van der Waals surface area contributed by atoms with Crippen molar-refractivity contribution in [3.8, 4) is 11.5 Å². The summed E-state index contributed by atoms with van der Waals surface area (Å²) in [6.45, 7) is 1.11. The van der Waals surface area contributed by atoms with Crippen LogP contribution in [0.15, 0.2) is 18.2 Å². The minimum Gasteiger partial charge on any atom is -0.497 e.